The first-order valence-corrected chi connectivity index (χ1v) is 13.0. The molecule has 1 aliphatic carbocycles. The number of hydrogen-bond acceptors (Lipinski definition) is 7. The molecule has 3 heterocycles. The van der Waals surface area contributed by atoms with Crippen molar-refractivity contribution in [3.05, 3.63) is 88.2 Å². The summed E-state index contributed by atoms with van der Waals surface area (Å²) in [5.41, 5.74) is 9.81. The van der Waals surface area contributed by atoms with Gasteiger partial charge in [-0.1, -0.05) is 12.1 Å². The van der Waals surface area contributed by atoms with Gasteiger partial charge in [0.1, 0.15) is 0 Å². The van der Waals surface area contributed by atoms with Gasteiger partial charge in [-0.3, -0.25) is 14.5 Å². The molecule has 2 bridgehead atoms. The minimum atomic E-state index is -4.52. The lowest BCUT2D eigenvalue weighted by Crippen LogP contribution is -2.42. The van der Waals surface area contributed by atoms with E-state index < -0.39 is 17.7 Å². The van der Waals surface area contributed by atoms with E-state index in [0.29, 0.717) is 23.1 Å². The SMILES string of the molecule is Cc1ccc(C(=O)NC2=CC(N3CC4CC3CN4)=CCC(C(F)(F)F)=C2)cc1N(N)/C=C(\N)c1cnn(C)c1C. The van der Waals surface area contributed by atoms with Gasteiger partial charge in [-0.25, -0.2) is 5.84 Å². The van der Waals surface area contributed by atoms with Crippen molar-refractivity contribution >= 4 is 17.3 Å². The van der Waals surface area contributed by atoms with Gasteiger partial charge in [0.05, 0.1) is 17.6 Å². The Kier molecular flexibility index (Phi) is 7.23. The van der Waals surface area contributed by atoms with Gasteiger partial charge in [0.25, 0.3) is 5.91 Å². The number of anilines is 1. The summed E-state index contributed by atoms with van der Waals surface area (Å²) in [5, 5.41) is 11.6. The molecule has 212 valence electrons. The Morgan fingerprint density at radius 1 is 1.27 bits per heavy atom. The zero-order valence-electron chi connectivity index (χ0n) is 22.6. The summed E-state index contributed by atoms with van der Waals surface area (Å²) in [4.78, 5) is 15.4. The van der Waals surface area contributed by atoms with Gasteiger partial charge < -0.3 is 21.3 Å². The van der Waals surface area contributed by atoms with Crippen LogP contribution in [0.25, 0.3) is 5.70 Å². The summed E-state index contributed by atoms with van der Waals surface area (Å²) in [6.07, 6.45) is 3.58. The summed E-state index contributed by atoms with van der Waals surface area (Å²) in [5.74, 6) is 5.75. The minimum absolute atomic E-state index is 0.0831. The summed E-state index contributed by atoms with van der Waals surface area (Å²) >= 11 is 0. The summed E-state index contributed by atoms with van der Waals surface area (Å²) in [6, 6.07) is 5.46. The lowest BCUT2D eigenvalue weighted by molar-refractivity contribution is -0.0929. The van der Waals surface area contributed by atoms with E-state index in [1.165, 1.54) is 11.2 Å². The first kappa shape index (κ1) is 27.5. The molecule has 2 atom stereocenters. The number of carbonyl (C=O) groups excluding carboxylic acids is 1. The van der Waals surface area contributed by atoms with Crippen LogP contribution in [0.3, 0.4) is 0 Å². The number of allylic oxidation sites excluding steroid dienone is 4. The summed E-state index contributed by atoms with van der Waals surface area (Å²) < 4.78 is 42.9. The summed E-state index contributed by atoms with van der Waals surface area (Å²) in [7, 11) is 1.81. The standard InChI is InChI=1S/C28H33F3N8O/c1-16-4-5-18(8-26(16)39(33)15-25(32)24-13-35-37(3)17(24)2)27(40)36-20-9-19(28(29,30)31)6-7-22(10-20)38-14-21-11-23(38)12-34-21/h4-5,7-10,13,15,21,23,34H,6,11-12,14,32-33H2,1-3H3,(H,36,40)/b25-15-. The Labute approximate surface area is 230 Å². The number of likely N-dealkylation sites (tertiary alicyclic amines) is 1. The fraction of sp³-hybridized carbons (Fsp3) is 0.357. The number of aromatic nitrogens is 2. The van der Waals surface area contributed by atoms with Crippen LogP contribution in [-0.2, 0) is 7.05 Å². The minimum Gasteiger partial charge on any atom is -0.397 e. The Hall–Kier alpha value is -4.03. The zero-order chi connectivity index (χ0) is 28.8. The third kappa shape index (κ3) is 5.50. The molecular weight excluding hydrogens is 521 g/mol. The molecule has 0 spiro atoms. The van der Waals surface area contributed by atoms with Gasteiger partial charge in [0, 0.05) is 72.2 Å². The largest absolute Gasteiger partial charge is 0.413 e. The molecule has 6 N–H and O–H groups in total. The number of hydrogen-bond donors (Lipinski definition) is 4. The van der Waals surface area contributed by atoms with Gasteiger partial charge in [0.15, 0.2) is 0 Å². The van der Waals surface area contributed by atoms with Crippen molar-refractivity contribution in [3.63, 3.8) is 0 Å². The number of benzene rings is 1. The van der Waals surface area contributed by atoms with Crippen molar-refractivity contribution < 1.29 is 18.0 Å². The monoisotopic (exact) mass is 554 g/mol. The topological polar surface area (TPSA) is 117 Å². The van der Waals surface area contributed by atoms with Crippen LogP contribution in [0.5, 0.6) is 0 Å². The third-order valence-electron chi connectivity index (χ3n) is 7.75. The molecule has 9 nitrogen and oxygen atoms in total. The van der Waals surface area contributed by atoms with Gasteiger partial charge in [-0.05, 0) is 56.5 Å². The first-order valence-electron chi connectivity index (χ1n) is 13.0. The molecule has 0 saturated carbocycles. The van der Waals surface area contributed by atoms with Crippen molar-refractivity contribution in [3.8, 4) is 0 Å². The molecule has 2 aliphatic heterocycles. The van der Waals surface area contributed by atoms with E-state index in [9.17, 15) is 18.0 Å². The number of amides is 1. The second-order valence-electron chi connectivity index (χ2n) is 10.5. The van der Waals surface area contributed by atoms with Crippen molar-refractivity contribution in [2.75, 3.05) is 18.1 Å². The van der Waals surface area contributed by atoms with Gasteiger partial charge in [-0.2, -0.15) is 18.3 Å². The highest BCUT2D eigenvalue weighted by molar-refractivity contribution is 5.97. The number of carbonyl (C=O) groups is 1. The number of nitrogens with two attached hydrogens (primary N) is 2. The second-order valence-corrected chi connectivity index (χ2v) is 10.5. The Morgan fingerprint density at radius 2 is 2.05 bits per heavy atom. The molecular formula is C28H33F3N8O. The van der Waals surface area contributed by atoms with E-state index >= 15 is 0 Å². The van der Waals surface area contributed by atoms with E-state index in [1.54, 1.807) is 48.3 Å². The fourth-order valence-corrected chi connectivity index (χ4v) is 5.37. The van der Waals surface area contributed by atoms with Gasteiger partial charge in [0.2, 0.25) is 0 Å². The number of fused-ring (bicyclic) bond motifs is 2. The molecule has 2 aromatic rings. The number of nitrogens with zero attached hydrogens (tertiary/aromatic N) is 4. The maximum absolute atomic E-state index is 13.7. The van der Waals surface area contributed by atoms with Crippen LogP contribution < -0.4 is 27.2 Å². The predicted octanol–water partition coefficient (Wildman–Crippen LogP) is 3.11. The highest BCUT2D eigenvalue weighted by Crippen LogP contribution is 2.34. The molecule has 3 aliphatic rings. The van der Waals surface area contributed by atoms with Crippen molar-refractivity contribution in [2.24, 2.45) is 18.6 Å². The first-order chi connectivity index (χ1) is 18.9. The van der Waals surface area contributed by atoms with Crippen molar-refractivity contribution in [2.45, 2.75) is 44.9 Å². The van der Waals surface area contributed by atoms with Crippen molar-refractivity contribution in [1.29, 1.82) is 0 Å². The number of rotatable bonds is 6. The quantitative estimate of drug-likeness (QED) is 0.320. The molecule has 2 saturated heterocycles. The summed E-state index contributed by atoms with van der Waals surface area (Å²) in [6.45, 7) is 5.22. The molecule has 0 radical (unpaired) electrons. The third-order valence-corrected chi connectivity index (χ3v) is 7.75. The maximum atomic E-state index is 13.7. The number of halogens is 3. The average molecular weight is 555 g/mol. The maximum Gasteiger partial charge on any atom is 0.413 e. The fourth-order valence-electron chi connectivity index (χ4n) is 5.37. The van der Waals surface area contributed by atoms with Crippen LogP contribution >= 0.6 is 0 Å². The molecule has 1 aromatic heterocycles. The average Bonchev–Trinajstić information content (AvgIpc) is 3.57. The predicted molar refractivity (Wildman–Crippen MR) is 147 cm³/mol. The van der Waals surface area contributed by atoms with E-state index in [4.69, 9.17) is 11.6 Å². The second kappa shape index (κ2) is 10.5. The molecule has 1 amide bonds. The zero-order valence-corrected chi connectivity index (χ0v) is 22.6. The molecule has 5 rings (SSSR count). The van der Waals surface area contributed by atoms with Crippen molar-refractivity contribution in [1.82, 2.24) is 25.3 Å². The van der Waals surface area contributed by atoms with Crippen LogP contribution in [0.15, 0.2) is 65.8 Å². The van der Waals surface area contributed by atoms with Crippen LogP contribution in [0, 0.1) is 13.8 Å². The normalized spacial score (nSPS) is 21.1. The van der Waals surface area contributed by atoms with E-state index in [-0.39, 0.29) is 23.7 Å². The Bertz CT molecular complexity index is 1450. The lowest BCUT2D eigenvalue weighted by Gasteiger charge is -2.30. The number of piperazine rings is 1. The van der Waals surface area contributed by atoms with E-state index in [2.05, 4.69) is 20.6 Å². The number of alkyl halides is 3. The molecule has 2 fully saturated rings. The van der Waals surface area contributed by atoms with Crippen LogP contribution in [0.2, 0.25) is 0 Å². The van der Waals surface area contributed by atoms with Gasteiger partial charge in [-0.15, -0.1) is 0 Å². The molecule has 12 heteroatoms. The highest BCUT2D eigenvalue weighted by Gasteiger charge is 2.39. The smallest absolute Gasteiger partial charge is 0.397 e. The van der Waals surface area contributed by atoms with Gasteiger partial charge >= 0.3 is 6.18 Å². The van der Waals surface area contributed by atoms with Crippen LogP contribution in [0.4, 0.5) is 18.9 Å². The highest BCUT2D eigenvalue weighted by atomic mass is 19.4. The van der Waals surface area contributed by atoms with E-state index in [0.717, 1.165) is 42.4 Å². The Balaban J connectivity index is 1.40. The number of aryl methyl sites for hydroxylation is 2. The lowest BCUT2D eigenvalue weighted by atomic mass is 10.1. The molecule has 2 unspecified atom stereocenters. The molecule has 40 heavy (non-hydrogen) atoms. The van der Waals surface area contributed by atoms with E-state index in [1.807, 2.05) is 13.8 Å². The van der Waals surface area contributed by atoms with Crippen LogP contribution in [-0.4, -0.2) is 51.9 Å². The number of nitrogens with one attached hydrogen (secondary N) is 2. The Morgan fingerprint density at radius 3 is 2.67 bits per heavy atom. The van der Waals surface area contributed by atoms with Crippen LogP contribution in [0.1, 0.15) is 40.0 Å². The molecule has 1 aromatic carbocycles. The number of hydrazine groups is 1.